The molecule has 0 fully saturated rings. The second-order valence-corrected chi connectivity index (χ2v) is 7.46. The molecule has 1 aliphatic rings. The molecule has 7 heteroatoms. The van der Waals surface area contributed by atoms with Crippen molar-refractivity contribution in [2.45, 2.75) is 12.8 Å². The Morgan fingerprint density at radius 3 is 2.62 bits per heavy atom. The molecule has 1 heterocycles. The maximum Gasteiger partial charge on any atom is 0.343 e. The second-order valence-electron chi connectivity index (χ2n) is 7.03. The van der Waals surface area contributed by atoms with Crippen LogP contribution in [0.4, 0.5) is 0 Å². The Morgan fingerprint density at radius 1 is 1.12 bits per heavy atom. The van der Waals surface area contributed by atoms with Gasteiger partial charge in [0.2, 0.25) is 5.88 Å². The fraction of sp³-hybridized carbons (Fsp3) is 0.120. The Kier molecular flexibility index (Phi) is 6.02. The zero-order chi connectivity index (χ0) is 22.7. The molecule has 2 N–H and O–H groups in total. The van der Waals surface area contributed by atoms with Gasteiger partial charge in [0, 0.05) is 16.7 Å². The van der Waals surface area contributed by atoms with E-state index in [4.69, 9.17) is 31.5 Å². The maximum absolute atomic E-state index is 12.4. The number of allylic oxidation sites excluding steroid dienone is 1. The Balaban J connectivity index is 1.68. The van der Waals surface area contributed by atoms with E-state index in [1.54, 1.807) is 42.5 Å². The van der Waals surface area contributed by atoms with Crippen LogP contribution >= 0.6 is 11.6 Å². The third-order valence-corrected chi connectivity index (χ3v) is 5.24. The van der Waals surface area contributed by atoms with Gasteiger partial charge in [-0.2, -0.15) is 5.26 Å². The number of hydrogen-bond acceptors (Lipinski definition) is 6. The lowest BCUT2D eigenvalue weighted by molar-refractivity contribution is 0.0734. The number of nitrogens with two attached hydrogens (primary N) is 1. The molecule has 0 aliphatic carbocycles. The monoisotopic (exact) mass is 446 g/mol. The summed E-state index contributed by atoms with van der Waals surface area (Å²) in [7, 11) is 0. The number of esters is 1. The molecule has 0 spiro atoms. The standard InChI is InChI=1S/C25H19ClN2O4/c1-2-30-18-5-3-4-16(12-18)23-20-11-10-19(13-22(20)32-24(28)21(23)14-27)31-25(29)15-6-8-17(26)9-7-15/h3-13,23H,2,28H2,1H3. The molecule has 1 aliphatic heterocycles. The Labute approximate surface area is 190 Å². The average Bonchev–Trinajstić information content (AvgIpc) is 2.79. The zero-order valence-electron chi connectivity index (χ0n) is 17.2. The van der Waals surface area contributed by atoms with E-state index in [1.165, 1.54) is 0 Å². The summed E-state index contributed by atoms with van der Waals surface area (Å²) in [5.74, 6) is 0.439. The molecule has 0 radical (unpaired) electrons. The van der Waals surface area contributed by atoms with Crippen LogP contribution in [-0.2, 0) is 0 Å². The van der Waals surface area contributed by atoms with Crippen LogP contribution in [0.2, 0.25) is 5.02 Å². The maximum atomic E-state index is 12.4. The number of rotatable bonds is 5. The van der Waals surface area contributed by atoms with Crippen LogP contribution in [0.25, 0.3) is 0 Å². The number of benzene rings is 3. The minimum atomic E-state index is -0.528. The molecule has 0 saturated carbocycles. The van der Waals surface area contributed by atoms with Crippen molar-refractivity contribution in [3.8, 4) is 23.3 Å². The topological polar surface area (TPSA) is 94.6 Å². The molecule has 3 aromatic rings. The largest absolute Gasteiger partial charge is 0.494 e. The summed E-state index contributed by atoms with van der Waals surface area (Å²) in [6.07, 6.45) is 0. The van der Waals surface area contributed by atoms with Crippen molar-refractivity contribution in [2.24, 2.45) is 5.73 Å². The molecule has 32 heavy (non-hydrogen) atoms. The highest BCUT2D eigenvalue weighted by Gasteiger charge is 2.31. The molecular weight excluding hydrogens is 428 g/mol. The fourth-order valence-electron chi connectivity index (χ4n) is 3.54. The molecule has 4 rings (SSSR count). The van der Waals surface area contributed by atoms with Crippen LogP contribution < -0.4 is 19.9 Å². The van der Waals surface area contributed by atoms with Crippen LogP contribution in [0, 0.1) is 11.3 Å². The summed E-state index contributed by atoms with van der Waals surface area (Å²) in [4.78, 5) is 12.4. The van der Waals surface area contributed by atoms with E-state index < -0.39 is 11.9 Å². The van der Waals surface area contributed by atoms with Gasteiger partial charge in [0.25, 0.3) is 0 Å². The van der Waals surface area contributed by atoms with E-state index in [2.05, 4.69) is 6.07 Å². The van der Waals surface area contributed by atoms with Gasteiger partial charge in [0.15, 0.2) is 0 Å². The van der Waals surface area contributed by atoms with Gasteiger partial charge >= 0.3 is 5.97 Å². The van der Waals surface area contributed by atoms with Crippen molar-refractivity contribution >= 4 is 17.6 Å². The van der Waals surface area contributed by atoms with E-state index in [0.29, 0.717) is 40.0 Å². The first-order valence-electron chi connectivity index (χ1n) is 9.92. The Hall–Kier alpha value is -3.95. The van der Waals surface area contributed by atoms with Crippen molar-refractivity contribution in [3.63, 3.8) is 0 Å². The summed E-state index contributed by atoms with van der Waals surface area (Å²) in [6.45, 7) is 2.43. The lowest BCUT2D eigenvalue weighted by Gasteiger charge is -2.27. The fourth-order valence-corrected chi connectivity index (χ4v) is 3.67. The van der Waals surface area contributed by atoms with Crippen molar-refractivity contribution in [1.29, 1.82) is 5.26 Å². The first-order chi connectivity index (χ1) is 15.5. The SMILES string of the molecule is CCOc1cccc(C2C(C#N)=C(N)Oc3cc(OC(=O)c4ccc(Cl)cc4)ccc32)c1. The highest BCUT2D eigenvalue weighted by atomic mass is 35.5. The van der Waals surface area contributed by atoms with Gasteiger partial charge in [0.05, 0.1) is 18.1 Å². The van der Waals surface area contributed by atoms with Crippen LogP contribution in [-0.4, -0.2) is 12.6 Å². The summed E-state index contributed by atoms with van der Waals surface area (Å²) in [6, 6.07) is 21.1. The lowest BCUT2D eigenvalue weighted by atomic mass is 9.83. The number of halogens is 1. The molecular formula is C25H19ClN2O4. The van der Waals surface area contributed by atoms with Crippen LogP contribution in [0.15, 0.2) is 78.2 Å². The number of carbonyl (C=O) groups is 1. The first-order valence-corrected chi connectivity index (χ1v) is 10.3. The summed E-state index contributed by atoms with van der Waals surface area (Å²) in [5, 5.41) is 10.3. The Bertz CT molecular complexity index is 1250. The van der Waals surface area contributed by atoms with Crippen LogP contribution in [0.3, 0.4) is 0 Å². The lowest BCUT2D eigenvalue weighted by Crippen LogP contribution is -2.21. The Morgan fingerprint density at radius 2 is 1.91 bits per heavy atom. The number of carbonyl (C=O) groups excluding carboxylic acids is 1. The van der Waals surface area contributed by atoms with Gasteiger partial charge in [0.1, 0.15) is 28.9 Å². The minimum absolute atomic E-state index is 0.00740. The van der Waals surface area contributed by atoms with Gasteiger partial charge in [-0.15, -0.1) is 0 Å². The summed E-state index contributed by atoms with van der Waals surface area (Å²) in [5.41, 5.74) is 8.31. The highest BCUT2D eigenvalue weighted by Crippen LogP contribution is 2.44. The summed E-state index contributed by atoms with van der Waals surface area (Å²) < 4.78 is 16.8. The van der Waals surface area contributed by atoms with Crippen molar-refractivity contribution < 1.29 is 19.0 Å². The first kappa shape index (κ1) is 21.3. The number of hydrogen-bond donors (Lipinski definition) is 1. The van der Waals surface area contributed by atoms with Gasteiger partial charge < -0.3 is 19.9 Å². The van der Waals surface area contributed by atoms with E-state index in [-0.39, 0.29) is 5.88 Å². The third kappa shape index (κ3) is 4.25. The van der Waals surface area contributed by atoms with E-state index >= 15 is 0 Å². The van der Waals surface area contributed by atoms with E-state index in [9.17, 15) is 10.1 Å². The van der Waals surface area contributed by atoms with E-state index in [1.807, 2.05) is 31.2 Å². The van der Waals surface area contributed by atoms with Crippen molar-refractivity contribution in [1.82, 2.24) is 0 Å². The molecule has 0 bridgehead atoms. The zero-order valence-corrected chi connectivity index (χ0v) is 17.9. The van der Waals surface area contributed by atoms with Crippen LogP contribution in [0.5, 0.6) is 17.2 Å². The number of ether oxygens (including phenoxy) is 3. The predicted octanol–water partition coefficient (Wildman–Crippen LogP) is 5.18. The highest BCUT2D eigenvalue weighted by molar-refractivity contribution is 6.30. The molecule has 6 nitrogen and oxygen atoms in total. The van der Waals surface area contributed by atoms with Crippen LogP contribution in [0.1, 0.15) is 34.3 Å². The van der Waals surface area contributed by atoms with Crippen molar-refractivity contribution in [3.05, 3.63) is 99.9 Å². The average molecular weight is 447 g/mol. The van der Waals surface area contributed by atoms with Gasteiger partial charge in [-0.05, 0) is 55.0 Å². The number of fused-ring (bicyclic) bond motifs is 1. The van der Waals surface area contributed by atoms with Gasteiger partial charge in [-0.3, -0.25) is 0 Å². The molecule has 1 atom stereocenters. The third-order valence-electron chi connectivity index (χ3n) is 4.98. The van der Waals surface area contributed by atoms with Crippen molar-refractivity contribution in [2.75, 3.05) is 6.61 Å². The minimum Gasteiger partial charge on any atom is -0.494 e. The second kappa shape index (κ2) is 9.04. The van der Waals surface area contributed by atoms with Gasteiger partial charge in [-0.25, -0.2) is 4.79 Å². The quantitative estimate of drug-likeness (QED) is 0.429. The molecule has 0 saturated heterocycles. The molecule has 160 valence electrons. The molecule has 0 aromatic heterocycles. The number of nitriles is 1. The molecule has 1 unspecified atom stereocenters. The molecule has 3 aromatic carbocycles. The molecule has 0 amide bonds. The summed E-state index contributed by atoms with van der Waals surface area (Å²) >= 11 is 5.87. The predicted molar refractivity (Wildman–Crippen MR) is 120 cm³/mol. The smallest absolute Gasteiger partial charge is 0.343 e. The number of nitrogens with zero attached hydrogens (tertiary/aromatic N) is 1. The van der Waals surface area contributed by atoms with Gasteiger partial charge in [-0.1, -0.05) is 29.8 Å². The van der Waals surface area contributed by atoms with E-state index in [0.717, 1.165) is 11.1 Å². The normalized spacial score (nSPS) is 14.7.